The van der Waals surface area contributed by atoms with Crippen LogP contribution in [0.2, 0.25) is 0 Å². The summed E-state index contributed by atoms with van der Waals surface area (Å²) < 4.78 is 39.2. The second-order valence-electron chi connectivity index (χ2n) is 10.7. The Balaban J connectivity index is 1.56. The summed E-state index contributed by atoms with van der Waals surface area (Å²) in [6.45, 7) is 15.5. The predicted octanol–water partition coefficient (Wildman–Crippen LogP) is 4.77. The van der Waals surface area contributed by atoms with E-state index in [0.717, 1.165) is 57.2 Å². The predicted molar refractivity (Wildman–Crippen MR) is 138 cm³/mol. The van der Waals surface area contributed by atoms with E-state index >= 15 is 0 Å². The molecule has 0 saturated carbocycles. The average molecular weight is 505 g/mol. The van der Waals surface area contributed by atoms with Gasteiger partial charge < -0.3 is 9.80 Å². The van der Waals surface area contributed by atoms with Crippen molar-refractivity contribution < 1.29 is 13.2 Å². The normalized spacial score (nSPS) is 24.7. The van der Waals surface area contributed by atoms with Crippen molar-refractivity contribution in [1.29, 1.82) is 0 Å². The maximum absolute atomic E-state index is 13.1. The smallest absolute Gasteiger partial charge is 0.354 e. The second-order valence-corrected chi connectivity index (χ2v) is 10.7. The molecule has 0 spiro atoms. The Labute approximate surface area is 213 Å². The van der Waals surface area contributed by atoms with Crippen molar-refractivity contribution in [1.82, 2.24) is 19.8 Å². The number of nitrogens with zero attached hydrogens (tertiary/aromatic N) is 6. The second kappa shape index (κ2) is 10.9. The molecule has 6 nitrogen and oxygen atoms in total. The fraction of sp³-hybridized carbons (Fsp3) is 0.630. The number of piperazine rings is 2. The van der Waals surface area contributed by atoms with Gasteiger partial charge in [-0.1, -0.05) is 6.07 Å². The van der Waals surface area contributed by atoms with Crippen LogP contribution in [0, 0.1) is 0 Å². The summed E-state index contributed by atoms with van der Waals surface area (Å²) in [5.74, 6) is 1.63. The SMILES string of the molecule is CC(C)N1CCN(c2ccccn2)C[C@H]1CC1CN(c2ccc(C(F)(F)F)cn2)C[C@@H](C)N1C(C)C. The van der Waals surface area contributed by atoms with Crippen LogP contribution in [-0.2, 0) is 6.18 Å². The molecular formula is C27H39F3N6. The van der Waals surface area contributed by atoms with E-state index in [1.165, 1.54) is 6.07 Å². The number of hydrogen-bond acceptors (Lipinski definition) is 6. The minimum atomic E-state index is -4.38. The van der Waals surface area contributed by atoms with Gasteiger partial charge in [0.2, 0.25) is 0 Å². The summed E-state index contributed by atoms with van der Waals surface area (Å²) in [5, 5.41) is 0. The molecule has 0 bridgehead atoms. The first-order chi connectivity index (χ1) is 17.0. The molecule has 2 fully saturated rings. The van der Waals surface area contributed by atoms with Crippen molar-refractivity contribution in [3.05, 3.63) is 48.3 Å². The fourth-order valence-corrected chi connectivity index (χ4v) is 6.07. The third kappa shape index (κ3) is 5.94. The van der Waals surface area contributed by atoms with Crippen LogP contribution in [0.25, 0.3) is 0 Å². The Morgan fingerprint density at radius 1 is 0.861 bits per heavy atom. The summed E-state index contributed by atoms with van der Waals surface area (Å²) in [4.78, 5) is 18.5. The fourth-order valence-electron chi connectivity index (χ4n) is 6.07. The van der Waals surface area contributed by atoms with E-state index in [1.54, 1.807) is 0 Å². The average Bonchev–Trinajstić information content (AvgIpc) is 2.83. The van der Waals surface area contributed by atoms with Gasteiger partial charge in [-0.3, -0.25) is 9.80 Å². The van der Waals surface area contributed by atoms with Crippen LogP contribution in [0.1, 0.15) is 46.6 Å². The molecule has 198 valence electrons. The van der Waals surface area contributed by atoms with Crippen molar-refractivity contribution in [2.24, 2.45) is 0 Å². The first kappa shape index (κ1) is 26.7. The van der Waals surface area contributed by atoms with Gasteiger partial charge in [0.25, 0.3) is 0 Å². The monoisotopic (exact) mass is 504 g/mol. The van der Waals surface area contributed by atoms with Gasteiger partial charge in [0.05, 0.1) is 5.56 Å². The minimum absolute atomic E-state index is 0.257. The zero-order valence-corrected chi connectivity index (χ0v) is 22.0. The van der Waals surface area contributed by atoms with Crippen LogP contribution in [-0.4, -0.2) is 82.7 Å². The number of halogens is 3. The van der Waals surface area contributed by atoms with Crippen molar-refractivity contribution in [2.45, 2.75) is 77.4 Å². The zero-order valence-electron chi connectivity index (χ0n) is 22.0. The number of alkyl halides is 3. The van der Waals surface area contributed by atoms with Crippen LogP contribution in [0.15, 0.2) is 42.7 Å². The molecule has 36 heavy (non-hydrogen) atoms. The number of pyridine rings is 2. The number of aromatic nitrogens is 2. The molecule has 2 aromatic heterocycles. The summed E-state index contributed by atoms with van der Waals surface area (Å²) >= 11 is 0. The summed E-state index contributed by atoms with van der Waals surface area (Å²) in [7, 11) is 0. The van der Waals surface area contributed by atoms with Crippen LogP contribution < -0.4 is 9.80 Å². The van der Waals surface area contributed by atoms with Gasteiger partial charge in [0.15, 0.2) is 0 Å². The lowest BCUT2D eigenvalue weighted by atomic mass is 9.95. The molecule has 2 saturated heterocycles. The van der Waals surface area contributed by atoms with Gasteiger partial charge in [-0.2, -0.15) is 13.2 Å². The highest BCUT2D eigenvalue weighted by molar-refractivity contribution is 5.42. The number of hydrogen-bond donors (Lipinski definition) is 0. The molecule has 0 radical (unpaired) electrons. The molecule has 4 heterocycles. The third-order valence-corrected chi connectivity index (χ3v) is 7.55. The van der Waals surface area contributed by atoms with Crippen LogP contribution in [0.4, 0.5) is 24.8 Å². The van der Waals surface area contributed by atoms with E-state index in [1.807, 2.05) is 18.3 Å². The van der Waals surface area contributed by atoms with E-state index in [-0.39, 0.29) is 12.1 Å². The third-order valence-electron chi connectivity index (χ3n) is 7.55. The lowest BCUT2D eigenvalue weighted by Gasteiger charge is -2.51. The molecule has 4 rings (SSSR count). The van der Waals surface area contributed by atoms with Crippen molar-refractivity contribution >= 4 is 11.6 Å². The Morgan fingerprint density at radius 2 is 1.58 bits per heavy atom. The number of anilines is 2. The van der Waals surface area contributed by atoms with E-state index < -0.39 is 11.7 Å². The molecule has 0 amide bonds. The standard InChI is InChI=1S/C27H39F3N6/c1-19(2)35-13-12-33(25-8-6-7-11-31-25)17-23(35)14-24-18-34(16-21(5)36(24)20(3)4)26-10-9-22(15-32-26)27(28,29)30/h6-11,15,19-21,23-24H,12-14,16-18H2,1-5H3/t21-,23-,24?/m1/s1. The Hall–Kier alpha value is -2.39. The molecule has 3 atom stereocenters. The molecule has 2 aliphatic rings. The largest absolute Gasteiger partial charge is 0.417 e. The van der Waals surface area contributed by atoms with Gasteiger partial charge in [0, 0.05) is 75.3 Å². The lowest BCUT2D eigenvalue weighted by Crippen LogP contribution is -2.63. The zero-order chi connectivity index (χ0) is 26.0. The van der Waals surface area contributed by atoms with Crippen molar-refractivity contribution in [3.8, 4) is 0 Å². The van der Waals surface area contributed by atoms with Crippen LogP contribution >= 0.6 is 0 Å². The van der Waals surface area contributed by atoms with E-state index in [9.17, 15) is 13.2 Å². The Morgan fingerprint density at radius 3 is 2.17 bits per heavy atom. The Bertz CT molecular complexity index is 966. The summed E-state index contributed by atoms with van der Waals surface area (Å²) in [6, 6.07) is 10.4. The van der Waals surface area contributed by atoms with Gasteiger partial charge >= 0.3 is 6.18 Å². The maximum Gasteiger partial charge on any atom is 0.417 e. The first-order valence-corrected chi connectivity index (χ1v) is 13.0. The molecule has 2 aromatic rings. The highest BCUT2D eigenvalue weighted by Crippen LogP contribution is 2.32. The molecule has 0 aliphatic carbocycles. The van der Waals surface area contributed by atoms with E-state index in [2.05, 4.69) is 70.3 Å². The summed E-state index contributed by atoms with van der Waals surface area (Å²) in [5.41, 5.74) is -0.707. The molecule has 0 N–H and O–H groups in total. The van der Waals surface area contributed by atoms with Crippen LogP contribution in [0.5, 0.6) is 0 Å². The highest BCUT2D eigenvalue weighted by atomic mass is 19.4. The van der Waals surface area contributed by atoms with Gasteiger partial charge in [0.1, 0.15) is 11.6 Å². The quantitative estimate of drug-likeness (QED) is 0.564. The van der Waals surface area contributed by atoms with E-state index in [0.29, 0.717) is 23.9 Å². The van der Waals surface area contributed by atoms with Gasteiger partial charge in [-0.05, 0) is 65.3 Å². The minimum Gasteiger partial charge on any atom is -0.354 e. The molecular weight excluding hydrogens is 465 g/mol. The van der Waals surface area contributed by atoms with Crippen molar-refractivity contribution in [3.63, 3.8) is 0 Å². The van der Waals surface area contributed by atoms with Crippen molar-refractivity contribution in [2.75, 3.05) is 42.5 Å². The maximum atomic E-state index is 13.1. The molecule has 9 heteroatoms. The topological polar surface area (TPSA) is 38.7 Å². The number of rotatable bonds is 6. The molecule has 1 unspecified atom stereocenters. The first-order valence-electron chi connectivity index (χ1n) is 13.0. The van der Waals surface area contributed by atoms with Crippen LogP contribution in [0.3, 0.4) is 0 Å². The molecule has 2 aliphatic heterocycles. The van der Waals surface area contributed by atoms with E-state index in [4.69, 9.17) is 0 Å². The van der Waals surface area contributed by atoms with Gasteiger partial charge in [-0.15, -0.1) is 0 Å². The summed E-state index contributed by atoms with van der Waals surface area (Å²) in [6.07, 6.45) is -0.604. The lowest BCUT2D eigenvalue weighted by molar-refractivity contribution is -0.137. The highest BCUT2D eigenvalue weighted by Gasteiger charge is 2.39. The van der Waals surface area contributed by atoms with Gasteiger partial charge in [-0.25, -0.2) is 9.97 Å². The Kier molecular flexibility index (Phi) is 8.09. The molecule has 0 aromatic carbocycles.